The third-order valence-electron chi connectivity index (χ3n) is 4.00. The third-order valence-corrected chi connectivity index (χ3v) is 4.91. The Morgan fingerprint density at radius 2 is 2.00 bits per heavy atom. The molecule has 1 heterocycles. The summed E-state index contributed by atoms with van der Waals surface area (Å²) < 4.78 is 0. The van der Waals surface area contributed by atoms with Crippen molar-refractivity contribution in [1.82, 2.24) is 5.32 Å². The predicted octanol–water partition coefficient (Wildman–Crippen LogP) is 3.61. The molecule has 5 heteroatoms. The maximum absolute atomic E-state index is 12.5. The maximum atomic E-state index is 12.5. The SMILES string of the molecule is Cc1ccc(-c2ccsc2C(=O)NC(CN)C2CC2)cc1.Cl. The predicted molar refractivity (Wildman–Crippen MR) is 94.8 cm³/mol. The zero-order valence-corrected chi connectivity index (χ0v) is 14.2. The number of hydrogen-bond acceptors (Lipinski definition) is 3. The monoisotopic (exact) mass is 336 g/mol. The van der Waals surface area contributed by atoms with Crippen LogP contribution in [0.5, 0.6) is 0 Å². The van der Waals surface area contributed by atoms with E-state index in [0.29, 0.717) is 12.5 Å². The number of carbonyl (C=O) groups excluding carboxylic acids is 1. The van der Waals surface area contributed by atoms with Gasteiger partial charge in [-0.2, -0.15) is 0 Å². The number of hydrogen-bond donors (Lipinski definition) is 2. The summed E-state index contributed by atoms with van der Waals surface area (Å²) in [6.07, 6.45) is 2.36. The summed E-state index contributed by atoms with van der Waals surface area (Å²) in [7, 11) is 0. The van der Waals surface area contributed by atoms with Crippen LogP contribution < -0.4 is 11.1 Å². The van der Waals surface area contributed by atoms with E-state index >= 15 is 0 Å². The molecule has 1 saturated carbocycles. The summed E-state index contributed by atoms with van der Waals surface area (Å²) in [5.41, 5.74) is 9.08. The summed E-state index contributed by atoms with van der Waals surface area (Å²) in [5.74, 6) is 0.574. The van der Waals surface area contributed by atoms with Crippen molar-refractivity contribution in [1.29, 1.82) is 0 Å². The molecule has 1 unspecified atom stereocenters. The Hall–Kier alpha value is -1.36. The first-order chi connectivity index (χ1) is 10.2. The highest BCUT2D eigenvalue weighted by atomic mass is 35.5. The quantitative estimate of drug-likeness (QED) is 0.876. The van der Waals surface area contributed by atoms with Crippen LogP contribution in [0.1, 0.15) is 28.1 Å². The normalized spacial score (nSPS) is 15.0. The summed E-state index contributed by atoms with van der Waals surface area (Å²) >= 11 is 1.49. The highest BCUT2D eigenvalue weighted by molar-refractivity contribution is 7.12. The largest absolute Gasteiger partial charge is 0.347 e. The number of amides is 1. The molecule has 1 aromatic carbocycles. The fourth-order valence-corrected chi connectivity index (χ4v) is 3.37. The lowest BCUT2D eigenvalue weighted by atomic mass is 10.0. The third kappa shape index (κ3) is 3.69. The second-order valence-electron chi connectivity index (χ2n) is 5.68. The standard InChI is InChI=1S/C17H20N2OS.ClH/c1-11-2-4-12(5-3-11)14-8-9-21-16(14)17(20)19-15(10-18)13-6-7-13;/h2-5,8-9,13,15H,6-7,10,18H2,1H3,(H,19,20);1H. The van der Waals surface area contributed by atoms with Gasteiger partial charge in [-0.15, -0.1) is 23.7 Å². The van der Waals surface area contributed by atoms with Crippen molar-refractivity contribution in [3.8, 4) is 11.1 Å². The molecule has 1 atom stereocenters. The van der Waals surface area contributed by atoms with Gasteiger partial charge in [0.2, 0.25) is 0 Å². The lowest BCUT2D eigenvalue weighted by molar-refractivity contribution is 0.0938. The molecule has 1 fully saturated rings. The number of halogens is 1. The van der Waals surface area contributed by atoms with Crippen LogP contribution in [-0.2, 0) is 0 Å². The average Bonchev–Trinajstić information content (AvgIpc) is 3.21. The van der Waals surface area contributed by atoms with E-state index in [2.05, 4.69) is 36.5 Å². The summed E-state index contributed by atoms with van der Waals surface area (Å²) in [4.78, 5) is 13.3. The first-order valence-electron chi connectivity index (χ1n) is 7.34. The van der Waals surface area contributed by atoms with Crippen molar-refractivity contribution >= 4 is 29.7 Å². The molecule has 3 rings (SSSR count). The smallest absolute Gasteiger partial charge is 0.262 e. The van der Waals surface area contributed by atoms with Crippen molar-refractivity contribution in [3.05, 3.63) is 46.2 Å². The molecule has 1 amide bonds. The van der Waals surface area contributed by atoms with E-state index in [4.69, 9.17) is 5.73 Å². The van der Waals surface area contributed by atoms with Crippen LogP contribution in [0.4, 0.5) is 0 Å². The van der Waals surface area contributed by atoms with E-state index in [-0.39, 0.29) is 24.4 Å². The zero-order chi connectivity index (χ0) is 14.8. The minimum absolute atomic E-state index is 0. The van der Waals surface area contributed by atoms with Crippen molar-refractivity contribution in [2.75, 3.05) is 6.54 Å². The van der Waals surface area contributed by atoms with Crippen LogP contribution >= 0.6 is 23.7 Å². The Bertz CT molecular complexity index is 634. The second kappa shape index (κ2) is 7.27. The second-order valence-corrected chi connectivity index (χ2v) is 6.60. The van der Waals surface area contributed by atoms with Crippen molar-refractivity contribution in [2.45, 2.75) is 25.8 Å². The van der Waals surface area contributed by atoms with Gasteiger partial charge in [-0.1, -0.05) is 29.8 Å². The maximum Gasteiger partial charge on any atom is 0.262 e. The molecule has 1 aliphatic carbocycles. The topological polar surface area (TPSA) is 55.1 Å². The van der Waals surface area contributed by atoms with Gasteiger partial charge in [0.15, 0.2) is 0 Å². The van der Waals surface area contributed by atoms with E-state index in [9.17, 15) is 4.79 Å². The Morgan fingerprint density at radius 3 is 2.59 bits per heavy atom. The van der Waals surface area contributed by atoms with Crippen LogP contribution in [0.3, 0.4) is 0 Å². The van der Waals surface area contributed by atoms with Gasteiger partial charge in [-0.05, 0) is 42.7 Å². The van der Waals surface area contributed by atoms with Gasteiger partial charge < -0.3 is 11.1 Å². The molecule has 1 aliphatic rings. The van der Waals surface area contributed by atoms with Crippen LogP contribution in [-0.4, -0.2) is 18.5 Å². The molecule has 1 aromatic heterocycles. The number of carbonyl (C=O) groups is 1. The molecule has 2 aromatic rings. The van der Waals surface area contributed by atoms with E-state index in [1.807, 2.05) is 11.4 Å². The molecule has 22 heavy (non-hydrogen) atoms. The summed E-state index contributed by atoms with van der Waals surface area (Å²) in [6, 6.07) is 10.4. The van der Waals surface area contributed by atoms with Crippen LogP contribution in [0, 0.1) is 12.8 Å². The minimum atomic E-state index is 0. The molecular weight excluding hydrogens is 316 g/mol. The lowest BCUT2D eigenvalue weighted by Gasteiger charge is -2.16. The molecule has 118 valence electrons. The van der Waals surface area contributed by atoms with E-state index < -0.39 is 0 Å². The van der Waals surface area contributed by atoms with Crippen LogP contribution in [0.2, 0.25) is 0 Å². The van der Waals surface area contributed by atoms with Gasteiger partial charge in [0, 0.05) is 18.2 Å². The van der Waals surface area contributed by atoms with E-state index in [1.165, 1.54) is 29.7 Å². The van der Waals surface area contributed by atoms with Gasteiger partial charge in [0.05, 0.1) is 4.88 Å². The van der Waals surface area contributed by atoms with E-state index in [0.717, 1.165) is 16.0 Å². The minimum Gasteiger partial charge on any atom is -0.347 e. The average molecular weight is 337 g/mol. The molecule has 3 nitrogen and oxygen atoms in total. The first kappa shape index (κ1) is 17.0. The lowest BCUT2D eigenvalue weighted by Crippen LogP contribution is -2.41. The number of nitrogens with two attached hydrogens (primary N) is 1. The fraction of sp³-hybridized carbons (Fsp3) is 0.353. The van der Waals surface area contributed by atoms with Gasteiger partial charge in [0.1, 0.15) is 0 Å². The molecule has 0 radical (unpaired) electrons. The van der Waals surface area contributed by atoms with Crippen LogP contribution in [0.25, 0.3) is 11.1 Å². The van der Waals surface area contributed by atoms with Crippen molar-refractivity contribution < 1.29 is 4.79 Å². The molecule has 3 N–H and O–H groups in total. The fourth-order valence-electron chi connectivity index (χ4n) is 2.55. The van der Waals surface area contributed by atoms with Gasteiger partial charge >= 0.3 is 0 Å². The number of benzene rings is 1. The molecule has 0 saturated heterocycles. The van der Waals surface area contributed by atoms with E-state index in [1.54, 1.807) is 0 Å². The summed E-state index contributed by atoms with van der Waals surface area (Å²) in [6.45, 7) is 2.58. The molecule has 0 bridgehead atoms. The van der Waals surface area contributed by atoms with Crippen LogP contribution in [0.15, 0.2) is 35.7 Å². The highest BCUT2D eigenvalue weighted by Gasteiger charge is 2.32. The van der Waals surface area contributed by atoms with Crippen molar-refractivity contribution in [3.63, 3.8) is 0 Å². The Labute approximate surface area is 141 Å². The zero-order valence-electron chi connectivity index (χ0n) is 12.5. The number of aryl methyl sites for hydroxylation is 1. The highest BCUT2D eigenvalue weighted by Crippen LogP contribution is 2.33. The summed E-state index contributed by atoms with van der Waals surface area (Å²) in [5, 5.41) is 5.07. The Kier molecular flexibility index (Phi) is 5.62. The Morgan fingerprint density at radius 1 is 1.32 bits per heavy atom. The van der Waals surface area contributed by atoms with Crippen molar-refractivity contribution in [2.24, 2.45) is 11.7 Å². The number of nitrogens with one attached hydrogen (secondary N) is 1. The Balaban J connectivity index is 0.00000176. The molecular formula is C17H21ClN2OS. The first-order valence-corrected chi connectivity index (χ1v) is 8.22. The van der Waals surface area contributed by atoms with Gasteiger partial charge in [-0.25, -0.2) is 0 Å². The van der Waals surface area contributed by atoms with Gasteiger partial charge in [-0.3, -0.25) is 4.79 Å². The molecule has 0 spiro atoms. The molecule has 0 aliphatic heterocycles. The number of thiophene rings is 1. The van der Waals surface area contributed by atoms with Gasteiger partial charge in [0.25, 0.3) is 5.91 Å². The number of rotatable bonds is 5.